The fourth-order valence-electron chi connectivity index (χ4n) is 2.97. The van der Waals surface area contributed by atoms with Crippen LogP contribution < -0.4 is 9.80 Å². The zero-order valence-electron chi connectivity index (χ0n) is 14.7. The number of anilines is 2. The molecule has 0 spiro atoms. The highest BCUT2D eigenvalue weighted by Gasteiger charge is 2.50. The number of halogens is 3. The number of amides is 1. The van der Waals surface area contributed by atoms with Gasteiger partial charge in [0.25, 0.3) is 5.91 Å². The second kappa shape index (κ2) is 6.45. The Morgan fingerprint density at radius 1 is 1.21 bits per heavy atom. The highest BCUT2D eigenvalue weighted by atomic mass is 32.1. The number of aromatic hydroxyl groups is 1. The molecular formula is C18H13F3N4O2S. The lowest BCUT2D eigenvalue weighted by atomic mass is 10.0. The van der Waals surface area contributed by atoms with Gasteiger partial charge in [-0.3, -0.25) is 9.69 Å². The van der Waals surface area contributed by atoms with Crippen LogP contribution in [0.1, 0.15) is 25.0 Å². The predicted molar refractivity (Wildman–Crippen MR) is 98.7 cm³/mol. The van der Waals surface area contributed by atoms with Gasteiger partial charge in [-0.25, -0.2) is 4.98 Å². The number of aromatic nitrogens is 1. The van der Waals surface area contributed by atoms with Crippen LogP contribution in [0, 0.1) is 11.3 Å². The average Bonchev–Trinajstić information content (AvgIpc) is 2.79. The molecular weight excluding hydrogens is 393 g/mol. The Morgan fingerprint density at radius 3 is 2.39 bits per heavy atom. The molecule has 1 N–H and O–H groups in total. The molecule has 10 heteroatoms. The van der Waals surface area contributed by atoms with E-state index in [-0.39, 0.29) is 16.7 Å². The van der Waals surface area contributed by atoms with Crippen molar-refractivity contribution in [3.8, 4) is 11.9 Å². The highest BCUT2D eigenvalue weighted by molar-refractivity contribution is 7.81. The van der Waals surface area contributed by atoms with E-state index in [1.165, 1.54) is 35.4 Å². The normalized spacial score (nSPS) is 16.4. The summed E-state index contributed by atoms with van der Waals surface area (Å²) >= 11 is 5.38. The van der Waals surface area contributed by atoms with E-state index in [1.54, 1.807) is 13.8 Å². The summed E-state index contributed by atoms with van der Waals surface area (Å²) in [5.74, 6) is -0.764. The third-order valence-electron chi connectivity index (χ3n) is 4.35. The molecule has 3 rings (SSSR count). The van der Waals surface area contributed by atoms with Crippen LogP contribution >= 0.6 is 12.2 Å². The molecule has 144 valence electrons. The maximum Gasteiger partial charge on any atom is 0.417 e. The molecule has 28 heavy (non-hydrogen) atoms. The molecule has 1 fully saturated rings. The standard InChI is InChI=1S/C18H13F3N4O2S/c1-17(2)15(27)24(16(28)25(17)12-5-6-14(26)23-9-12)11-4-3-10(8-22)13(7-11)18(19,20)21/h3-7,9H,1-2H3,(H,23,26). The number of benzene rings is 1. The van der Waals surface area contributed by atoms with Gasteiger partial charge in [-0.05, 0) is 50.3 Å². The van der Waals surface area contributed by atoms with E-state index in [0.29, 0.717) is 5.69 Å². The first-order valence-electron chi connectivity index (χ1n) is 7.93. The second-order valence-corrected chi connectivity index (χ2v) is 6.90. The summed E-state index contributed by atoms with van der Waals surface area (Å²) in [5.41, 5.74) is -2.60. The van der Waals surface area contributed by atoms with Crippen LogP contribution in [0.25, 0.3) is 0 Å². The minimum absolute atomic E-state index is 0.0414. The quantitative estimate of drug-likeness (QED) is 0.768. The Morgan fingerprint density at radius 2 is 1.86 bits per heavy atom. The number of nitrogens with zero attached hydrogens (tertiary/aromatic N) is 4. The van der Waals surface area contributed by atoms with Crippen LogP contribution in [-0.4, -0.2) is 26.6 Å². The number of hydrogen-bond donors (Lipinski definition) is 1. The topological polar surface area (TPSA) is 80.5 Å². The largest absolute Gasteiger partial charge is 0.493 e. The van der Waals surface area contributed by atoms with Gasteiger partial charge in [0.1, 0.15) is 5.54 Å². The van der Waals surface area contributed by atoms with Crippen molar-refractivity contribution in [1.29, 1.82) is 5.26 Å². The van der Waals surface area contributed by atoms with Gasteiger partial charge in [-0.15, -0.1) is 0 Å². The van der Waals surface area contributed by atoms with Crippen LogP contribution in [0.4, 0.5) is 24.5 Å². The van der Waals surface area contributed by atoms with Gasteiger partial charge < -0.3 is 10.0 Å². The molecule has 0 unspecified atom stereocenters. The monoisotopic (exact) mass is 406 g/mol. The average molecular weight is 406 g/mol. The summed E-state index contributed by atoms with van der Waals surface area (Å²) in [6.07, 6.45) is -3.46. The smallest absolute Gasteiger partial charge is 0.417 e. The van der Waals surface area contributed by atoms with Crippen molar-refractivity contribution >= 4 is 34.6 Å². The van der Waals surface area contributed by atoms with Crippen molar-refractivity contribution in [3.05, 3.63) is 47.7 Å². The molecule has 1 aliphatic rings. The first-order chi connectivity index (χ1) is 13.0. The van der Waals surface area contributed by atoms with Crippen molar-refractivity contribution in [2.45, 2.75) is 25.6 Å². The Labute approximate surface area is 163 Å². The Balaban J connectivity index is 2.11. The maximum absolute atomic E-state index is 13.3. The van der Waals surface area contributed by atoms with Gasteiger partial charge >= 0.3 is 6.18 Å². The molecule has 0 radical (unpaired) electrons. The molecule has 1 aromatic heterocycles. The Hall–Kier alpha value is -3.19. The lowest BCUT2D eigenvalue weighted by Gasteiger charge is -2.29. The number of alkyl halides is 3. The van der Waals surface area contributed by atoms with E-state index in [9.17, 15) is 23.1 Å². The molecule has 2 heterocycles. The van der Waals surface area contributed by atoms with Crippen molar-refractivity contribution < 1.29 is 23.1 Å². The third kappa shape index (κ3) is 3.03. The number of carbonyl (C=O) groups excluding carboxylic acids is 1. The summed E-state index contributed by atoms with van der Waals surface area (Å²) < 4.78 is 39.9. The van der Waals surface area contributed by atoms with Gasteiger partial charge in [0, 0.05) is 6.07 Å². The first kappa shape index (κ1) is 19.6. The van der Waals surface area contributed by atoms with Crippen LogP contribution in [0.3, 0.4) is 0 Å². The molecule has 6 nitrogen and oxygen atoms in total. The van der Waals surface area contributed by atoms with E-state index < -0.39 is 28.7 Å². The molecule has 0 aliphatic carbocycles. The molecule has 1 saturated heterocycles. The van der Waals surface area contributed by atoms with E-state index in [0.717, 1.165) is 17.0 Å². The molecule has 1 aliphatic heterocycles. The fraction of sp³-hybridized carbons (Fsp3) is 0.222. The SMILES string of the molecule is CC1(C)C(=O)N(c2ccc(C#N)c(C(F)(F)F)c2)C(=S)N1c1ccc(O)nc1. The lowest BCUT2D eigenvalue weighted by molar-refractivity contribution is -0.137. The van der Waals surface area contributed by atoms with Crippen molar-refractivity contribution in [2.24, 2.45) is 0 Å². The molecule has 1 aromatic carbocycles. The number of carbonyl (C=O) groups is 1. The number of rotatable bonds is 2. The lowest BCUT2D eigenvalue weighted by Crippen LogP contribution is -2.44. The molecule has 1 amide bonds. The molecule has 0 atom stereocenters. The number of hydrogen-bond acceptors (Lipinski definition) is 5. The number of nitriles is 1. The summed E-state index contributed by atoms with van der Waals surface area (Å²) in [4.78, 5) is 19.2. The summed E-state index contributed by atoms with van der Waals surface area (Å²) in [6, 6.07) is 7.29. The van der Waals surface area contributed by atoms with Crippen molar-refractivity contribution in [3.63, 3.8) is 0 Å². The van der Waals surface area contributed by atoms with Crippen LogP contribution in [0.2, 0.25) is 0 Å². The highest BCUT2D eigenvalue weighted by Crippen LogP contribution is 2.39. The summed E-state index contributed by atoms with van der Waals surface area (Å²) in [6.45, 7) is 3.14. The zero-order valence-corrected chi connectivity index (χ0v) is 15.5. The number of pyridine rings is 1. The fourth-order valence-corrected chi connectivity index (χ4v) is 3.49. The Kier molecular flexibility index (Phi) is 4.51. The van der Waals surface area contributed by atoms with Gasteiger partial charge in [0.15, 0.2) is 5.11 Å². The van der Waals surface area contributed by atoms with Crippen molar-refractivity contribution in [1.82, 2.24) is 4.98 Å². The van der Waals surface area contributed by atoms with Crippen molar-refractivity contribution in [2.75, 3.05) is 9.80 Å². The minimum atomic E-state index is -4.76. The van der Waals surface area contributed by atoms with Gasteiger partial charge in [0.2, 0.25) is 5.88 Å². The van der Waals surface area contributed by atoms with Gasteiger partial charge in [-0.2, -0.15) is 18.4 Å². The minimum Gasteiger partial charge on any atom is -0.493 e. The third-order valence-corrected chi connectivity index (χ3v) is 4.71. The predicted octanol–water partition coefficient (Wildman–Crippen LogP) is 3.59. The van der Waals surface area contributed by atoms with Crippen LogP contribution in [-0.2, 0) is 11.0 Å². The van der Waals surface area contributed by atoms with Gasteiger partial charge in [0.05, 0.1) is 34.8 Å². The van der Waals surface area contributed by atoms with Crippen LogP contribution in [0.5, 0.6) is 5.88 Å². The summed E-state index contributed by atoms with van der Waals surface area (Å²) in [7, 11) is 0. The van der Waals surface area contributed by atoms with E-state index in [1.807, 2.05) is 0 Å². The maximum atomic E-state index is 13.3. The molecule has 0 bridgehead atoms. The van der Waals surface area contributed by atoms with Gasteiger partial charge in [-0.1, -0.05) is 0 Å². The number of thiocarbonyl (C=S) groups is 1. The summed E-state index contributed by atoms with van der Waals surface area (Å²) in [5, 5.41) is 18.3. The second-order valence-electron chi connectivity index (χ2n) is 6.53. The van der Waals surface area contributed by atoms with E-state index >= 15 is 0 Å². The molecule has 2 aromatic rings. The van der Waals surface area contributed by atoms with E-state index in [2.05, 4.69) is 4.98 Å². The Bertz CT molecular complexity index is 1010. The van der Waals surface area contributed by atoms with E-state index in [4.69, 9.17) is 17.5 Å². The van der Waals surface area contributed by atoms with Crippen LogP contribution in [0.15, 0.2) is 36.5 Å². The molecule has 0 saturated carbocycles. The zero-order chi connectivity index (χ0) is 20.9. The first-order valence-corrected chi connectivity index (χ1v) is 8.34.